The van der Waals surface area contributed by atoms with Crippen molar-refractivity contribution in [3.63, 3.8) is 0 Å². The van der Waals surface area contributed by atoms with Gasteiger partial charge in [0.15, 0.2) is 0 Å². The van der Waals surface area contributed by atoms with Crippen molar-refractivity contribution in [2.45, 2.75) is 19.9 Å². The van der Waals surface area contributed by atoms with Crippen LogP contribution in [-0.4, -0.2) is 35.7 Å². The zero-order chi connectivity index (χ0) is 17.4. The number of allylic oxidation sites excluding steroid dienone is 2. The standard InChI is InChI=1S/C17H18ClFN4O/c1-9-15(18)10(2)22-16(21-9)13-7-23(8-14(13)20)17(24)11-3-5-12(19)6-4-11/h3-6,14,21H,7-8,20H2,1-2H3/b16-13+. The molecular formula is C17H18ClFN4O. The molecule has 0 bridgehead atoms. The van der Waals surface area contributed by atoms with Crippen LogP contribution in [0.5, 0.6) is 0 Å². The smallest absolute Gasteiger partial charge is 0.254 e. The van der Waals surface area contributed by atoms with E-state index in [0.717, 1.165) is 11.3 Å². The number of likely N-dealkylation sites (tertiary alicyclic amines) is 1. The number of hydrogen-bond donors (Lipinski definition) is 2. The number of benzene rings is 1. The van der Waals surface area contributed by atoms with Crippen LogP contribution in [0.2, 0.25) is 0 Å². The zero-order valence-electron chi connectivity index (χ0n) is 13.4. The van der Waals surface area contributed by atoms with Crippen LogP contribution in [-0.2, 0) is 0 Å². The van der Waals surface area contributed by atoms with Crippen LogP contribution in [0.4, 0.5) is 4.39 Å². The summed E-state index contributed by atoms with van der Waals surface area (Å²) in [5.41, 5.74) is 9.01. The minimum Gasteiger partial charge on any atom is -0.343 e. The Balaban J connectivity index is 1.84. The van der Waals surface area contributed by atoms with Crippen molar-refractivity contribution in [3.8, 4) is 0 Å². The molecule has 1 fully saturated rings. The quantitative estimate of drug-likeness (QED) is 0.818. The van der Waals surface area contributed by atoms with Gasteiger partial charge in [-0.05, 0) is 38.1 Å². The molecule has 3 N–H and O–H groups in total. The normalized spacial score (nSPS) is 24.1. The van der Waals surface area contributed by atoms with Gasteiger partial charge in [-0.25, -0.2) is 9.38 Å². The maximum Gasteiger partial charge on any atom is 0.254 e. The molecule has 0 spiro atoms. The molecule has 5 nitrogen and oxygen atoms in total. The summed E-state index contributed by atoms with van der Waals surface area (Å²) in [5, 5.41) is 3.74. The highest BCUT2D eigenvalue weighted by molar-refractivity contribution is 6.43. The average molecular weight is 349 g/mol. The Morgan fingerprint density at radius 3 is 2.67 bits per heavy atom. The molecule has 7 heteroatoms. The first kappa shape index (κ1) is 16.7. The van der Waals surface area contributed by atoms with Crippen molar-refractivity contribution >= 4 is 23.2 Å². The van der Waals surface area contributed by atoms with Crippen molar-refractivity contribution in [3.05, 3.63) is 57.8 Å². The van der Waals surface area contributed by atoms with Gasteiger partial charge in [0, 0.05) is 36.0 Å². The Morgan fingerprint density at radius 1 is 1.38 bits per heavy atom. The number of nitrogens with one attached hydrogen (secondary N) is 1. The van der Waals surface area contributed by atoms with Crippen molar-refractivity contribution in [2.75, 3.05) is 13.1 Å². The third-order valence-electron chi connectivity index (χ3n) is 4.14. The van der Waals surface area contributed by atoms with Gasteiger partial charge in [0.05, 0.1) is 10.7 Å². The van der Waals surface area contributed by atoms with Gasteiger partial charge in [0.2, 0.25) is 0 Å². The second-order valence-electron chi connectivity index (χ2n) is 5.93. The van der Waals surface area contributed by atoms with Gasteiger partial charge >= 0.3 is 0 Å². The number of nitrogens with zero attached hydrogens (tertiary/aromatic N) is 2. The van der Waals surface area contributed by atoms with Gasteiger partial charge in [-0.2, -0.15) is 0 Å². The van der Waals surface area contributed by atoms with E-state index in [-0.39, 0.29) is 17.8 Å². The topological polar surface area (TPSA) is 70.7 Å². The molecule has 2 aliphatic rings. The molecule has 1 aromatic rings. The molecule has 1 unspecified atom stereocenters. The maximum atomic E-state index is 13.0. The lowest BCUT2D eigenvalue weighted by molar-refractivity contribution is 0.0793. The van der Waals surface area contributed by atoms with Crippen LogP contribution in [0.3, 0.4) is 0 Å². The highest BCUT2D eigenvalue weighted by Crippen LogP contribution is 2.25. The molecule has 3 rings (SSSR count). The number of aliphatic imine (C=N–C) groups is 1. The maximum absolute atomic E-state index is 13.0. The number of nitrogens with two attached hydrogens (primary N) is 1. The number of carbonyl (C=O) groups excluding carboxylic acids is 1. The minimum atomic E-state index is -0.372. The lowest BCUT2D eigenvalue weighted by atomic mass is 10.1. The Hall–Kier alpha value is -2.18. The van der Waals surface area contributed by atoms with Crippen molar-refractivity contribution in [1.82, 2.24) is 10.2 Å². The van der Waals surface area contributed by atoms with Crippen LogP contribution in [0.15, 0.2) is 51.4 Å². The predicted octanol–water partition coefficient (Wildman–Crippen LogP) is 2.35. The molecule has 2 heterocycles. The third-order valence-corrected chi connectivity index (χ3v) is 4.70. The summed E-state index contributed by atoms with van der Waals surface area (Å²) in [7, 11) is 0. The molecule has 126 valence electrons. The Bertz CT molecular complexity index is 782. The van der Waals surface area contributed by atoms with Gasteiger partial charge in [-0.3, -0.25) is 4.79 Å². The lowest BCUT2D eigenvalue weighted by Crippen LogP contribution is -2.32. The van der Waals surface area contributed by atoms with E-state index < -0.39 is 0 Å². The van der Waals surface area contributed by atoms with Crippen molar-refractivity contribution < 1.29 is 9.18 Å². The first-order valence-electron chi connectivity index (χ1n) is 7.59. The average Bonchev–Trinajstić information content (AvgIpc) is 2.94. The fraction of sp³-hybridized carbons (Fsp3) is 0.294. The molecular weight excluding hydrogens is 331 g/mol. The van der Waals surface area contributed by atoms with Gasteiger partial charge < -0.3 is 16.0 Å². The minimum absolute atomic E-state index is 0.178. The van der Waals surface area contributed by atoms with Crippen LogP contribution >= 0.6 is 11.6 Å². The molecule has 1 amide bonds. The molecule has 0 saturated carbocycles. The van der Waals surface area contributed by atoms with Gasteiger partial charge in [0.25, 0.3) is 5.91 Å². The number of amides is 1. The molecule has 0 aromatic heterocycles. The molecule has 0 aliphatic carbocycles. The monoisotopic (exact) mass is 348 g/mol. The second kappa shape index (κ2) is 6.37. The highest BCUT2D eigenvalue weighted by atomic mass is 35.5. The summed E-state index contributed by atoms with van der Waals surface area (Å²) in [6, 6.07) is 5.19. The van der Waals surface area contributed by atoms with Crippen LogP contribution < -0.4 is 11.1 Å². The van der Waals surface area contributed by atoms with E-state index in [0.29, 0.717) is 35.2 Å². The SMILES string of the molecule is CC1=N/C(=C2\CN(C(=O)c3ccc(F)cc3)CC2N)NC(C)=C1Cl. The lowest BCUT2D eigenvalue weighted by Gasteiger charge is -2.19. The summed E-state index contributed by atoms with van der Waals surface area (Å²) < 4.78 is 13.0. The number of carbonyl (C=O) groups is 1. The van der Waals surface area contributed by atoms with Gasteiger partial charge in [-0.15, -0.1) is 0 Å². The summed E-state index contributed by atoms with van der Waals surface area (Å²) in [4.78, 5) is 18.6. The third kappa shape index (κ3) is 3.07. The van der Waals surface area contributed by atoms with Gasteiger partial charge in [-0.1, -0.05) is 11.6 Å². The van der Waals surface area contributed by atoms with Gasteiger partial charge in [0.1, 0.15) is 11.6 Å². The van der Waals surface area contributed by atoms with Crippen LogP contribution in [0.1, 0.15) is 24.2 Å². The number of hydrogen-bond acceptors (Lipinski definition) is 4. The Morgan fingerprint density at radius 2 is 2.04 bits per heavy atom. The number of rotatable bonds is 1. The first-order chi connectivity index (χ1) is 11.4. The molecule has 0 radical (unpaired) electrons. The first-order valence-corrected chi connectivity index (χ1v) is 7.97. The molecule has 1 aromatic carbocycles. The van der Waals surface area contributed by atoms with E-state index in [4.69, 9.17) is 17.3 Å². The summed E-state index contributed by atoms with van der Waals surface area (Å²) in [5.74, 6) is 0.0991. The van der Waals surface area contributed by atoms with Crippen molar-refractivity contribution in [1.29, 1.82) is 0 Å². The van der Waals surface area contributed by atoms with Crippen LogP contribution in [0.25, 0.3) is 0 Å². The van der Waals surface area contributed by atoms with Crippen molar-refractivity contribution in [2.24, 2.45) is 10.7 Å². The van der Waals surface area contributed by atoms with E-state index in [9.17, 15) is 9.18 Å². The molecule has 24 heavy (non-hydrogen) atoms. The van der Waals surface area contributed by atoms with E-state index in [2.05, 4.69) is 10.3 Å². The summed E-state index contributed by atoms with van der Waals surface area (Å²) in [6.07, 6.45) is 0. The fourth-order valence-electron chi connectivity index (χ4n) is 2.82. The van der Waals surface area contributed by atoms with E-state index >= 15 is 0 Å². The highest BCUT2D eigenvalue weighted by Gasteiger charge is 2.32. The molecule has 1 atom stereocenters. The second-order valence-corrected chi connectivity index (χ2v) is 6.31. The van der Waals surface area contributed by atoms with Crippen LogP contribution in [0, 0.1) is 5.82 Å². The Kier molecular flexibility index (Phi) is 4.43. The van der Waals surface area contributed by atoms with E-state index in [1.807, 2.05) is 13.8 Å². The fourth-order valence-corrected chi connectivity index (χ4v) is 2.91. The van der Waals surface area contributed by atoms with E-state index in [1.165, 1.54) is 24.3 Å². The predicted molar refractivity (Wildman–Crippen MR) is 92.1 cm³/mol. The summed E-state index contributed by atoms with van der Waals surface area (Å²) in [6.45, 7) is 4.46. The Labute approximate surface area is 144 Å². The largest absolute Gasteiger partial charge is 0.343 e. The summed E-state index contributed by atoms with van der Waals surface area (Å²) >= 11 is 6.14. The molecule has 2 aliphatic heterocycles. The number of halogens is 2. The molecule has 1 saturated heterocycles. The van der Waals surface area contributed by atoms with E-state index in [1.54, 1.807) is 4.90 Å². The zero-order valence-corrected chi connectivity index (χ0v) is 14.2.